The zero-order chi connectivity index (χ0) is 14.7. The third kappa shape index (κ3) is 1.97. The van der Waals surface area contributed by atoms with Crippen LogP contribution in [-0.4, -0.2) is 72.1 Å². The molecule has 0 radical (unpaired) electrons. The van der Waals surface area contributed by atoms with E-state index in [1.165, 1.54) is 39.3 Å². The molecule has 0 N–H and O–H groups in total. The van der Waals surface area contributed by atoms with Crippen LogP contribution in [0.1, 0.15) is 41.5 Å². The lowest BCUT2D eigenvalue weighted by Gasteiger charge is -2.34. The molecule has 0 bridgehead atoms. The van der Waals surface area contributed by atoms with Gasteiger partial charge in [0.15, 0.2) is 0 Å². The van der Waals surface area contributed by atoms with E-state index >= 15 is 0 Å². The highest BCUT2D eigenvalue weighted by atomic mass is 15.4. The maximum atomic E-state index is 2.75. The summed E-state index contributed by atoms with van der Waals surface area (Å²) in [5, 5.41) is 0. The summed E-state index contributed by atoms with van der Waals surface area (Å²) in [6.45, 7) is 22.1. The maximum absolute atomic E-state index is 2.75. The van der Waals surface area contributed by atoms with Crippen molar-refractivity contribution in [3.8, 4) is 0 Å². The number of hydrogen-bond donors (Lipinski definition) is 0. The van der Waals surface area contributed by atoms with Crippen molar-refractivity contribution in [2.75, 3.05) is 39.3 Å². The molecule has 3 heteroatoms. The van der Waals surface area contributed by atoms with E-state index in [1.807, 2.05) is 0 Å². The van der Waals surface area contributed by atoms with Crippen molar-refractivity contribution in [1.29, 1.82) is 0 Å². The van der Waals surface area contributed by atoms with Gasteiger partial charge in [-0.15, -0.1) is 0 Å². The van der Waals surface area contributed by atoms with Crippen LogP contribution in [0, 0.1) is 10.8 Å². The van der Waals surface area contributed by atoms with Crippen LogP contribution in [0.15, 0.2) is 0 Å². The fourth-order valence-electron chi connectivity index (χ4n) is 4.90. The molecule has 0 aliphatic carbocycles. The Labute approximate surface area is 125 Å². The van der Waals surface area contributed by atoms with Crippen molar-refractivity contribution >= 4 is 0 Å². The molecule has 20 heavy (non-hydrogen) atoms. The SMILES string of the molecule is CC(C)N1CC23CN(C(C)C)CC2(C1)CN(C(C)C)C3. The highest BCUT2D eigenvalue weighted by Gasteiger charge is 2.67. The highest BCUT2D eigenvalue weighted by Crippen LogP contribution is 2.57. The van der Waals surface area contributed by atoms with Gasteiger partial charge in [0.1, 0.15) is 0 Å². The van der Waals surface area contributed by atoms with Gasteiger partial charge in [-0.3, -0.25) is 14.7 Å². The first kappa shape index (κ1) is 14.8. The van der Waals surface area contributed by atoms with Crippen LogP contribution in [0.25, 0.3) is 0 Å². The number of nitrogens with zero attached hydrogens (tertiary/aromatic N) is 3. The lowest BCUT2D eigenvalue weighted by Crippen LogP contribution is -2.45. The molecule has 0 spiro atoms. The zero-order valence-corrected chi connectivity index (χ0v) is 14.3. The summed E-state index contributed by atoms with van der Waals surface area (Å²) in [6.07, 6.45) is 0. The largest absolute Gasteiger partial charge is 0.300 e. The van der Waals surface area contributed by atoms with Crippen molar-refractivity contribution in [3.63, 3.8) is 0 Å². The fraction of sp³-hybridized carbons (Fsp3) is 1.00. The summed E-state index contributed by atoms with van der Waals surface area (Å²) in [6, 6.07) is 2.10. The van der Waals surface area contributed by atoms with Crippen LogP contribution < -0.4 is 0 Å². The van der Waals surface area contributed by atoms with E-state index in [0.29, 0.717) is 29.0 Å². The van der Waals surface area contributed by atoms with E-state index in [1.54, 1.807) is 0 Å². The third-order valence-corrected chi connectivity index (χ3v) is 6.35. The van der Waals surface area contributed by atoms with E-state index in [9.17, 15) is 0 Å². The molecular weight excluding hydrogens is 246 g/mol. The van der Waals surface area contributed by atoms with Crippen LogP contribution in [0.4, 0.5) is 0 Å². The molecule has 3 saturated heterocycles. The Morgan fingerprint density at radius 2 is 0.700 bits per heavy atom. The molecule has 3 aliphatic heterocycles. The Bertz CT molecular complexity index is 297. The molecule has 3 fully saturated rings. The first-order valence-electron chi connectivity index (χ1n) is 8.51. The molecule has 3 heterocycles. The minimum Gasteiger partial charge on any atom is -0.300 e. The molecule has 0 saturated carbocycles. The quantitative estimate of drug-likeness (QED) is 0.783. The topological polar surface area (TPSA) is 9.72 Å². The lowest BCUT2D eigenvalue weighted by atomic mass is 9.71. The van der Waals surface area contributed by atoms with Crippen LogP contribution in [0.3, 0.4) is 0 Å². The summed E-state index contributed by atoms with van der Waals surface area (Å²) in [5.41, 5.74) is 1.07. The molecular formula is C17H33N3. The minimum atomic E-state index is 0.534. The van der Waals surface area contributed by atoms with Crippen molar-refractivity contribution in [2.24, 2.45) is 10.8 Å². The Morgan fingerprint density at radius 1 is 0.500 bits per heavy atom. The van der Waals surface area contributed by atoms with Gasteiger partial charge in [0.2, 0.25) is 0 Å². The molecule has 0 atom stereocenters. The average molecular weight is 279 g/mol. The van der Waals surface area contributed by atoms with Gasteiger partial charge >= 0.3 is 0 Å². The van der Waals surface area contributed by atoms with Crippen LogP contribution >= 0.6 is 0 Å². The second-order valence-corrected chi connectivity index (χ2v) is 8.56. The predicted octanol–water partition coefficient (Wildman–Crippen LogP) is 2.13. The summed E-state index contributed by atoms with van der Waals surface area (Å²) in [5.74, 6) is 0. The Hall–Kier alpha value is -0.120. The predicted molar refractivity (Wildman–Crippen MR) is 85.0 cm³/mol. The van der Waals surface area contributed by atoms with E-state index in [-0.39, 0.29) is 0 Å². The van der Waals surface area contributed by atoms with Crippen LogP contribution in [0.2, 0.25) is 0 Å². The Morgan fingerprint density at radius 3 is 0.850 bits per heavy atom. The lowest BCUT2D eigenvalue weighted by molar-refractivity contribution is 0.120. The molecule has 116 valence electrons. The summed E-state index contributed by atoms with van der Waals surface area (Å²) >= 11 is 0. The smallest absolute Gasteiger partial charge is 0.0178 e. The standard InChI is InChI=1S/C17H33N3/c1-13(2)18-7-16-9-19(14(3)4)10-17(16,8-18)12-20(11-16)15(5)6/h13-15H,7-12H2,1-6H3. The van der Waals surface area contributed by atoms with Gasteiger partial charge in [-0.1, -0.05) is 0 Å². The Kier molecular flexibility index (Phi) is 3.47. The first-order chi connectivity index (χ1) is 9.28. The highest BCUT2D eigenvalue weighted by molar-refractivity contribution is 5.20. The second-order valence-electron chi connectivity index (χ2n) is 8.56. The molecule has 0 aromatic rings. The monoisotopic (exact) mass is 279 g/mol. The zero-order valence-electron chi connectivity index (χ0n) is 14.3. The first-order valence-corrected chi connectivity index (χ1v) is 8.51. The molecule has 3 aliphatic rings. The molecule has 3 rings (SSSR count). The maximum Gasteiger partial charge on any atom is 0.0178 e. The molecule has 0 aromatic heterocycles. The van der Waals surface area contributed by atoms with Gasteiger partial charge < -0.3 is 0 Å². The summed E-state index contributed by atoms with van der Waals surface area (Å²) in [7, 11) is 0. The molecule has 0 aromatic carbocycles. The van der Waals surface area contributed by atoms with Gasteiger partial charge in [0.25, 0.3) is 0 Å². The summed E-state index contributed by atoms with van der Waals surface area (Å²) in [4.78, 5) is 8.24. The minimum absolute atomic E-state index is 0.534. The third-order valence-electron chi connectivity index (χ3n) is 6.35. The van der Waals surface area contributed by atoms with Gasteiger partial charge in [0, 0.05) is 68.2 Å². The summed E-state index contributed by atoms with van der Waals surface area (Å²) < 4.78 is 0. The Balaban J connectivity index is 1.88. The molecule has 0 unspecified atom stereocenters. The average Bonchev–Trinajstić information content (AvgIpc) is 2.83. The number of likely N-dealkylation sites (tertiary alicyclic amines) is 3. The van der Waals surface area contributed by atoms with Gasteiger partial charge in [-0.25, -0.2) is 0 Å². The van der Waals surface area contributed by atoms with Crippen molar-refractivity contribution in [2.45, 2.75) is 59.7 Å². The second kappa shape index (κ2) is 4.69. The van der Waals surface area contributed by atoms with Gasteiger partial charge in [0.05, 0.1) is 0 Å². The van der Waals surface area contributed by atoms with Crippen LogP contribution in [-0.2, 0) is 0 Å². The van der Waals surface area contributed by atoms with Gasteiger partial charge in [-0.2, -0.15) is 0 Å². The van der Waals surface area contributed by atoms with E-state index in [2.05, 4.69) is 56.2 Å². The van der Waals surface area contributed by atoms with Crippen molar-refractivity contribution in [1.82, 2.24) is 14.7 Å². The number of hydrogen-bond acceptors (Lipinski definition) is 3. The molecule has 3 nitrogen and oxygen atoms in total. The van der Waals surface area contributed by atoms with E-state index in [0.717, 1.165) is 0 Å². The number of rotatable bonds is 3. The van der Waals surface area contributed by atoms with Crippen molar-refractivity contribution in [3.05, 3.63) is 0 Å². The van der Waals surface area contributed by atoms with E-state index < -0.39 is 0 Å². The van der Waals surface area contributed by atoms with Gasteiger partial charge in [-0.05, 0) is 41.5 Å². The van der Waals surface area contributed by atoms with Crippen molar-refractivity contribution < 1.29 is 0 Å². The van der Waals surface area contributed by atoms with Crippen LogP contribution in [0.5, 0.6) is 0 Å². The fourth-order valence-corrected chi connectivity index (χ4v) is 4.90. The van der Waals surface area contributed by atoms with E-state index in [4.69, 9.17) is 0 Å². The molecule has 0 amide bonds. The normalized spacial score (nSPS) is 39.5.